The van der Waals surface area contributed by atoms with Gasteiger partial charge in [0.15, 0.2) is 0 Å². The fourth-order valence-electron chi connectivity index (χ4n) is 1.92. The zero-order chi connectivity index (χ0) is 17.9. The van der Waals surface area contributed by atoms with Crippen LogP contribution in [-0.4, -0.2) is 11.2 Å². The molecule has 25 heavy (non-hydrogen) atoms. The van der Waals surface area contributed by atoms with E-state index in [1.165, 1.54) is 0 Å². The van der Waals surface area contributed by atoms with Crippen LogP contribution in [-0.2, 0) is 0 Å². The van der Waals surface area contributed by atoms with Crippen molar-refractivity contribution in [3.05, 3.63) is 91.0 Å². The minimum atomic E-state index is -1.28. The first-order valence-electron chi connectivity index (χ1n) is 7.51. The smallest absolute Gasteiger partial charge is 0.449 e. The number of carboxylic acid groups (broad SMARTS) is 1. The molecular formula is C19H18N4O2. The summed E-state index contributed by atoms with van der Waals surface area (Å²) in [6.45, 7) is 0. The Morgan fingerprint density at radius 2 is 1.16 bits per heavy atom. The highest BCUT2D eigenvalue weighted by molar-refractivity contribution is 5.65. The van der Waals surface area contributed by atoms with E-state index in [1.807, 2.05) is 66.7 Å². The number of azo groups is 1. The Labute approximate surface area is 145 Å². The molecule has 1 amide bonds. The van der Waals surface area contributed by atoms with E-state index in [0.29, 0.717) is 5.69 Å². The molecule has 0 atom stereocenters. The lowest BCUT2D eigenvalue weighted by molar-refractivity contribution is 0.204. The van der Waals surface area contributed by atoms with Crippen LogP contribution in [0.15, 0.2) is 101 Å². The second-order valence-electron chi connectivity index (χ2n) is 4.86. The minimum Gasteiger partial charge on any atom is -0.462 e. The molecule has 0 heterocycles. The molecule has 126 valence electrons. The van der Waals surface area contributed by atoms with Gasteiger partial charge in [0.05, 0.1) is 17.1 Å². The number of amides is 1. The fraction of sp³-hybridized carbons (Fsp3) is 0. The van der Waals surface area contributed by atoms with Crippen molar-refractivity contribution in [2.45, 2.75) is 0 Å². The lowest BCUT2D eigenvalue weighted by Gasteiger charge is -2.18. The van der Waals surface area contributed by atoms with Gasteiger partial charge in [0, 0.05) is 0 Å². The quantitative estimate of drug-likeness (QED) is 0.394. The van der Waals surface area contributed by atoms with E-state index in [9.17, 15) is 4.79 Å². The van der Waals surface area contributed by atoms with Crippen molar-refractivity contribution >= 4 is 23.2 Å². The third-order valence-electron chi connectivity index (χ3n) is 3.08. The molecule has 0 aliphatic heterocycles. The molecule has 0 fully saturated rings. The number of hydrazine groups is 1. The maximum absolute atomic E-state index is 9.91. The maximum atomic E-state index is 9.91. The lowest BCUT2D eigenvalue weighted by Crippen LogP contribution is -2.24. The average molecular weight is 334 g/mol. The standard InChI is InChI=1S/C12H12N2.C7H6N2O2/c13-14(11-7-3-1-4-8-11)12-9-5-2-6-10-12;10-7(11)9-8-6-4-2-1-3-5-6/h1-10H,13H2;1-5H,(H,10,11). The van der Waals surface area contributed by atoms with Crippen molar-refractivity contribution in [3.63, 3.8) is 0 Å². The van der Waals surface area contributed by atoms with Crippen LogP contribution in [0.2, 0.25) is 0 Å². The van der Waals surface area contributed by atoms with Crippen molar-refractivity contribution in [1.29, 1.82) is 0 Å². The molecule has 6 heteroatoms. The second-order valence-corrected chi connectivity index (χ2v) is 4.86. The number of carbonyl (C=O) groups is 1. The van der Waals surface area contributed by atoms with Gasteiger partial charge >= 0.3 is 6.09 Å². The molecule has 0 saturated heterocycles. The van der Waals surface area contributed by atoms with E-state index < -0.39 is 6.09 Å². The second kappa shape index (κ2) is 9.59. The number of nitrogens with two attached hydrogens (primary N) is 1. The van der Waals surface area contributed by atoms with Crippen LogP contribution in [0.1, 0.15) is 0 Å². The molecule has 0 aromatic heterocycles. The third-order valence-corrected chi connectivity index (χ3v) is 3.08. The predicted octanol–water partition coefficient (Wildman–Crippen LogP) is 5.15. The summed E-state index contributed by atoms with van der Waals surface area (Å²) < 4.78 is 0. The SMILES string of the molecule is NN(c1ccccc1)c1ccccc1.O=C(O)N=Nc1ccccc1. The summed E-state index contributed by atoms with van der Waals surface area (Å²) in [6, 6.07) is 28.4. The van der Waals surface area contributed by atoms with Gasteiger partial charge in [-0.2, -0.15) is 0 Å². The van der Waals surface area contributed by atoms with Gasteiger partial charge in [-0.1, -0.05) is 59.7 Å². The maximum Gasteiger partial charge on any atom is 0.449 e. The van der Waals surface area contributed by atoms with Gasteiger partial charge in [0.25, 0.3) is 0 Å². The van der Waals surface area contributed by atoms with E-state index in [4.69, 9.17) is 10.9 Å². The topological polar surface area (TPSA) is 91.3 Å². The monoisotopic (exact) mass is 334 g/mol. The largest absolute Gasteiger partial charge is 0.462 e. The van der Waals surface area contributed by atoms with Gasteiger partial charge < -0.3 is 5.11 Å². The summed E-state index contributed by atoms with van der Waals surface area (Å²) in [6.07, 6.45) is -1.28. The Hall–Kier alpha value is -3.51. The molecule has 0 saturated carbocycles. The first kappa shape index (κ1) is 17.8. The predicted molar refractivity (Wildman–Crippen MR) is 98.2 cm³/mol. The van der Waals surface area contributed by atoms with Crippen molar-refractivity contribution in [2.24, 2.45) is 16.1 Å². The average Bonchev–Trinajstić information content (AvgIpc) is 2.68. The minimum absolute atomic E-state index is 0.537. The zero-order valence-corrected chi connectivity index (χ0v) is 13.4. The molecular weight excluding hydrogens is 316 g/mol. The Bertz CT molecular complexity index is 754. The Morgan fingerprint density at radius 1 is 0.760 bits per heavy atom. The zero-order valence-electron chi connectivity index (χ0n) is 13.4. The van der Waals surface area contributed by atoms with Crippen LogP contribution in [0, 0.1) is 0 Å². The summed E-state index contributed by atoms with van der Waals surface area (Å²) in [7, 11) is 0. The van der Waals surface area contributed by atoms with E-state index in [0.717, 1.165) is 11.4 Å². The summed E-state index contributed by atoms with van der Waals surface area (Å²) in [4.78, 5) is 9.91. The van der Waals surface area contributed by atoms with Crippen LogP contribution in [0.25, 0.3) is 0 Å². The summed E-state index contributed by atoms with van der Waals surface area (Å²) in [5.74, 6) is 5.95. The molecule has 3 N–H and O–H groups in total. The van der Waals surface area contributed by atoms with Crippen molar-refractivity contribution in [2.75, 3.05) is 5.01 Å². The summed E-state index contributed by atoms with van der Waals surface area (Å²) in [5.41, 5.74) is 2.51. The highest BCUT2D eigenvalue weighted by atomic mass is 16.4. The summed E-state index contributed by atoms with van der Waals surface area (Å²) >= 11 is 0. The lowest BCUT2D eigenvalue weighted by atomic mass is 10.2. The van der Waals surface area contributed by atoms with E-state index in [2.05, 4.69) is 10.2 Å². The van der Waals surface area contributed by atoms with Crippen LogP contribution < -0.4 is 10.9 Å². The van der Waals surface area contributed by atoms with Gasteiger partial charge in [-0.3, -0.25) is 5.01 Å². The van der Waals surface area contributed by atoms with Gasteiger partial charge in [0.2, 0.25) is 0 Å². The molecule has 3 rings (SSSR count). The fourth-order valence-corrected chi connectivity index (χ4v) is 1.92. The van der Waals surface area contributed by atoms with Crippen molar-refractivity contribution in [3.8, 4) is 0 Å². The molecule has 0 radical (unpaired) electrons. The van der Waals surface area contributed by atoms with E-state index in [1.54, 1.807) is 29.3 Å². The number of anilines is 2. The van der Waals surface area contributed by atoms with E-state index in [-0.39, 0.29) is 0 Å². The molecule has 6 nitrogen and oxygen atoms in total. The number of hydrogen-bond donors (Lipinski definition) is 2. The number of para-hydroxylation sites is 2. The molecule has 0 aliphatic carbocycles. The number of benzene rings is 3. The van der Waals surface area contributed by atoms with Crippen molar-refractivity contribution < 1.29 is 9.90 Å². The van der Waals surface area contributed by atoms with Gasteiger partial charge in [0.1, 0.15) is 0 Å². The van der Waals surface area contributed by atoms with Gasteiger partial charge in [-0.25, -0.2) is 10.6 Å². The molecule has 0 aliphatic rings. The van der Waals surface area contributed by atoms with Crippen LogP contribution in [0.4, 0.5) is 21.9 Å². The molecule has 3 aromatic carbocycles. The first-order chi connectivity index (χ1) is 12.2. The van der Waals surface area contributed by atoms with Gasteiger partial charge in [-0.05, 0) is 36.4 Å². The number of hydrogen-bond acceptors (Lipinski definition) is 4. The highest BCUT2D eigenvalue weighted by Gasteiger charge is 2.01. The number of rotatable bonds is 3. The Balaban J connectivity index is 0.000000186. The highest BCUT2D eigenvalue weighted by Crippen LogP contribution is 2.20. The van der Waals surface area contributed by atoms with Crippen LogP contribution in [0.3, 0.4) is 0 Å². The molecule has 0 bridgehead atoms. The molecule has 3 aromatic rings. The van der Waals surface area contributed by atoms with Crippen molar-refractivity contribution in [1.82, 2.24) is 0 Å². The molecule has 0 spiro atoms. The molecule has 0 unspecified atom stereocenters. The van der Waals surface area contributed by atoms with E-state index >= 15 is 0 Å². The normalized spacial score (nSPS) is 9.96. The Kier molecular flexibility index (Phi) is 6.84. The van der Waals surface area contributed by atoms with Gasteiger partial charge in [-0.15, -0.1) is 5.11 Å². The van der Waals surface area contributed by atoms with Crippen LogP contribution >= 0.6 is 0 Å². The van der Waals surface area contributed by atoms with Crippen LogP contribution in [0.5, 0.6) is 0 Å². The number of nitrogens with zero attached hydrogens (tertiary/aromatic N) is 3. The first-order valence-corrected chi connectivity index (χ1v) is 7.51. The Morgan fingerprint density at radius 3 is 1.56 bits per heavy atom. The third kappa shape index (κ3) is 6.25. The summed E-state index contributed by atoms with van der Waals surface area (Å²) in [5, 5.41) is 16.1.